The molecule has 1 heterocycles. The fourth-order valence-electron chi connectivity index (χ4n) is 2.12. The van der Waals surface area contributed by atoms with Crippen molar-refractivity contribution in [1.82, 2.24) is 9.97 Å². The number of nitrogens with zero attached hydrogens (tertiary/aromatic N) is 1. The number of nitrogens with one attached hydrogen (secondary N) is 1. The molecule has 0 radical (unpaired) electrons. The number of carboxylic acids is 1. The monoisotopic (exact) mass is 252 g/mol. The van der Waals surface area contributed by atoms with E-state index in [-0.39, 0.29) is 0 Å². The van der Waals surface area contributed by atoms with Crippen LogP contribution in [0.1, 0.15) is 16.2 Å². The Balaban J connectivity index is 2.05. The molecule has 4 nitrogen and oxygen atoms in total. The van der Waals surface area contributed by atoms with Gasteiger partial charge in [-0.3, -0.25) is 0 Å². The quantitative estimate of drug-likeness (QED) is 0.735. The third-order valence-electron chi connectivity index (χ3n) is 3.07. The minimum atomic E-state index is -0.911. The van der Waals surface area contributed by atoms with E-state index < -0.39 is 5.97 Å². The maximum atomic E-state index is 10.8. The zero-order valence-corrected chi connectivity index (χ0v) is 10.3. The first-order valence-electron chi connectivity index (χ1n) is 5.93. The molecule has 2 aromatic carbocycles. The highest BCUT2D eigenvalue weighted by molar-refractivity contribution is 5.89. The number of aromatic nitrogens is 2. The van der Waals surface area contributed by atoms with Crippen LogP contribution in [0.15, 0.2) is 42.5 Å². The van der Waals surface area contributed by atoms with E-state index in [1.165, 1.54) is 0 Å². The van der Waals surface area contributed by atoms with Crippen molar-refractivity contribution in [2.45, 2.75) is 6.92 Å². The highest BCUT2D eigenvalue weighted by Crippen LogP contribution is 2.23. The van der Waals surface area contributed by atoms with Crippen molar-refractivity contribution in [3.63, 3.8) is 0 Å². The normalized spacial score (nSPS) is 10.8. The van der Waals surface area contributed by atoms with Gasteiger partial charge in [0.25, 0.3) is 0 Å². The van der Waals surface area contributed by atoms with Crippen LogP contribution in [0.25, 0.3) is 22.2 Å². The fourth-order valence-corrected chi connectivity index (χ4v) is 2.12. The smallest absolute Gasteiger partial charge is 0.335 e. The Kier molecular flexibility index (Phi) is 2.56. The van der Waals surface area contributed by atoms with E-state index in [9.17, 15) is 4.79 Å². The summed E-state index contributed by atoms with van der Waals surface area (Å²) in [5.41, 5.74) is 4.23. The van der Waals surface area contributed by atoms with Gasteiger partial charge in [0.05, 0.1) is 16.6 Å². The molecule has 0 aliphatic rings. The summed E-state index contributed by atoms with van der Waals surface area (Å²) in [4.78, 5) is 18.4. The molecule has 0 spiro atoms. The molecule has 0 atom stereocenters. The van der Waals surface area contributed by atoms with Crippen LogP contribution in [0.2, 0.25) is 0 Å². The van der Waals surface area contributed by atoms with Gasteiger partial charge >= 0.3 is 5.97 Å². The van der Waals surface area contributed by atoms with Crippen LogP contribution in [0.5, 0.6) is 0 Å². The molecule has 19 heavy (non-hydrogen) atoms. The molecule has 0 aliphatic carbocycles. The molecule has 4 heteroatoms. The number of aromatic carboxylic acids is 1. The Morgan fingerprint density at radius 3 is 2.47 bits per heavy atom. The number of H-pyrrole nitrogens is 1. The highest BCUT2D eigenvalue weighted by atomic mass is 16.4. The fraction of sp³-hybridized carbons (Fsp3) is 0.0667. The Bertz CT molecular complexity index is 757. The van der Waals surface area contributed by atoms with E-state index >= 15 is 0 Å². The summed E-state index contributed by atoms with van der Waals surface area (Å²) >= 11 is 0. The van der Waals surface area contributed by atoms with E-state index in [1.807, 2.05) is 37.3 Å². The van der Waals surface area contributed by atoms with E-state index in [0.29, 0.717) is 5.56 Å². The molecular formula is C15H12N2O2. The second-order valence-corrected chi connectivity index (χ2v) is 4.44. The zero-order valence-electron chi connectivity index (χ0n) is 10.3. The van der Waals surface area contributed by atoms with Crippen LogP contribution >= 0.6 is 0 Å². The topological polar surface area (TPSA) is 66.0 Å². The first kappa shape index (κ1) is 11.5. The van der Waals surface area contributed by atoms with Crippen LogP contribution in [-0.4, -0.2) is 21.0 Å². The minimum absolute atomic E-state index is 0.294. The first-order valence-corrected chi connectivity index (χ1v) is 5.93. The van der Waals surface area contributed by atoms with Crippen molar-refractivity contribution < 1.29 is 9.90 Å². The van der Waals surface area contributed by atoms with Crippen molar-refractivity contribution in [2.75, 3.05) is 0 Å². The third kappa shape index (κ3) is 2.08. The van der Waals surface area contributed by atoms with Gasteiger partial charge in [-0.25, -0.2) is 9.78 Å². The standard InChI is InChI=1S/C15H12N2O2/c1-9-16-13-7-6-12(8-14(13)17-9)10-2-4-11(5-3-10)15(18)19/h2-8H,1H3,(H,16,17)(H,18,19). The molecule has 2 N–H and O–H groups in total. The minimum Gasteiger partial charge on any atom is -0.478 e. The second-order valence-electron chi connectivity index (χ2n) is 4.44. The molecule has 0 amide bonds. The number of carbonyl (C=O) groups is 1. The summed E-state index contributed by atoms with van der Waals surface area (Å²) in [6.45, 7) is 1.92. The number of hydrogen-bond acceptors (Lipinski definition) is 2. The molecule has 0 aliphatic heterocycles. The molecule has 0 bridgehead atoms. The molecule has 3 rings (SSSR count). The molecule has 1 aromatic heterocycles. The van der Waals surface area contributed by atoms with Crippen LogP contribution in [0, 0.1) is 6.92 Å². The summed E-state index contributed by atoms with van der Waals surface area (Å²) < 4.78 is 0. The van der Waals surface area contributed by atoms with Gasteiger partial charge < -0.3 is 10.1 Å². The van der Waals surface area contributed by atoms with Crippen LogP contribution in [0.4, 0.5) is 0 Å². The Morgan fingerprint density at radius 1 is 1.11 bits per heavy atom. The van der Waals surface area contributed by atoms with Crippen molar-refractivity contribution >= 4 is 17.0 Å². The van der Waals surface area contributed by atoms with Gasteiger partial charge in [0, 0.05) is 0 Å². The summed E-state index contributed by atoms with van der Waals surface area (Å²) in [6.07, 6.45) is 0. The van der Waals surface area contributed by atoms with Crippen molar-refractivity contribution in [1.29, 1.82) is 0 Å². The maximum absolute atomic E-state index is 10.8. The second kappa shape index (κ2) is 4.24. The first-order chi connectivity index (χ1) is 9.13. The van der Waals surface area contributed by atoms with E-state index in [4.69, 9.17) is 5.11 Å². The average Bonchev–Trinajstić information content (AvgIpc) is 2.77. The van der Waals surface area contributed by atoms with Gasteiger partial charge in [0.1, 0.15) is 5.82 Å². The van der Waals surface area contributed by atoms with Gasteiger partial charge in [-0.2, -0.15) is 0 Å². The lowest BCUT2D eigenvalue weighted by Crippen LogP contribution is -1.94. The van der Waals surface area contributed by atoms with Crippen LogP contribution < -0.4 is 0 Å². The Morgan fingerprint density at radius 2 is 1.79 bits per heavy atom. The lowest BCUT2D eigenvalue weighted by Gasteiger charge is -2.02. The predicted octanol–water partition coefficient (Wildman–Crippen LogP) is 3.24. The van der Waals surface area contributed by atoms with Gasteiger partial charge in [-0.15, -0.1) is 0 Å². The lowest BCUT2D eigenvalue weighted by molar-refractivity contribution is 0.0697. The molecule has 3 aromatic rings. The number of aryl methyl sites for hydroxylation is 1. The van der Waals surface area contributed by atoms with E-state index in [1.54, 1.807) is 12.1 Å². The molecule has 94 valence electrons. The van der Waals surface area contributed by atoms with Gasteiger partial charge in [0.2, 0.25) is 0 Å². The Hall–Kier alpha value is -2.62. The number of carboxylic acid groups (broad SMARTS) is 1. The molecule has 0 saturated carbocycles. The van der Waals surface area contributed by atoms with Crippen LogP contribution in [-0.2, 0) is 0 Å². The largest absolute Gasteiger partial charge is 0.478 e. The Labute approximate surface area is 109 Å². The summed E-state index contributed by atoms with van der Waals surface area (Å²) in [6, 6.07) is 12.8. The van der Waals surface area contributed by atoms with Gasteiger partial charge in [-0.1, -0.05) is 18.2 Å². The van der Waals surface area contributed by atoms with E-state index in [2.05, 4.69) is 9.97 Å². The number of rotatable bonds is 2. The number of hydrogen-bond donors (Lipinski definition) is 2. The molecular weight excluding hydrogens is 240 g/mol. The summed E-state index contributed by atoms with van der Waals surface area (Å²) in [7, 11) is 0. The third-order valence-corrected chi connectivity index (χ3v) is 3.07. The molecule has 0 fully saturated rings. The molecule has 0 saturated heterocycles. The van der Waals surface area contributed by atoms with Crippen molar-refractivity contribution in [2.24, 2.45) is 0 Å². The number of imidazole rings is 1. The van der Waals surface area contributed by atoms with Gasteiger partial charge in [-0.05, 0) is 42.3 Å². The van der Waals surface area contributed by atoms with Gasteiger partial charge in [0.15, 0.2) is 0 Å². The zero-order chi connectivity index (χ0) is 13.4. The van der Waals surface area contributed by atoms with Crippen LogP contribution in [0.3, 0.4) is 0 Å². The van der Waals surface area contributed by atoms with Crippen molar-refractivity contribution in [3.8, 4) is 11.1 Å². The molecule has 0 unspecified atom stereocenters. The van der Waals surface area contributed by atoms with Crippen molar-refractivity contribution in [3.05, 3.63) is 53.9 Å². The predicted molar refractivity (Wildman–Crippen MR) is 73.2 cm³/mol. The maximum Gasteiger partial charge on any atom is 0.335 e. The lowest BCUT2D eigenvalue weighted by atomic mass is 10.0. The number of fused-ring (bicyclic) bond motifs is 1. The highest BCUT2D eigenvalue weighted by Gasteiger charge is 2.05. The van der Waals surface area contributed by atoms with E-state index in [0.717, 1.165) is 28.0 Å². The summed E-state index contributed by atoms with van der Waals surface area (Å²) in [5, 5.41) is 8.88. The SMILES string of the molecule is Cc1nc2ccc(-c3ccc(C(=O)O)cc3)cc2[nH]1. The summed E-state index contributed by atoms with van der Waals surface area (Å²) in [5.74, 6) is -0.0282. The number of aromatic amines is 1. The number of benzene rings is 2. The average molecular weight is 252 g/mol.